The second kappa shape index (κ2) is 5.99. The van der Waals surface area contributed by atoms with Crippen LogP contribution >= 0.6 is 0 Å². The zero-order valence-corrected chi connectivity index (χ0v) is 12.9. The second-order valence-corrected chi connectivity index (χ2v) is 7.19. The molecular weight excluding hydrogens is 290 g/mol. The number of nitrogens with zero attached hydrogens (tertiary/aromatic N) is 1. The van der Waals surface area contributed by atoms with E-state index in [1.54, 1.807) is 19.1 Å². The molecule has 114 valence electrons. The Kier molecular flexibility index (Phi) is 4.49. The smallest absolute Gasteiger partial charge is 0.328 e. The van der Waals surface area contributed by atoms with Gasteiger partial charge in [0.2, 0.25) is 10.0 Å². The minimum Gasteiger partial charge on any atom is -0.478 e. The van der Waals surface area contributed by atoms with Crippen LogP contribution in [0.4, 0.5) is 0 Å². The van der Waals surface area contributed by atoms with Crippen LogP contribution in [0.15, 0.2) is 29.2 Å². The Hall–Kier alpha value is -1.66. The summed E-state index contributed by atoms with van der Waals surface area (Å²) in [7, 11) is -3.47. The lowest BCUT2D eigenvalue weighted by Crippen LogP contribution is -2.33. The molecule has 6 heteroatoms. The number of carboxylic acid groups (broad SMARTS) is 1. The van der Waals surface area contributed by atoms with Crippen molar-refractivity contribution in [2.24, 2.45) is 0 Å². The van der Waals surface area contributed by atoms with Crippen molar-refractivity contribution in [3.05, 3.63) is 35.4 Å². The zero-order chi connectivity index (χ0) is 15.6. The molecule has 1 aromatic carbocycles. The molecule has 0 aromatic heterocycles. The van der Waals surface area contributed by atoms with Crippen molar-refractivity contribution in [1.82, 2.24) is 4.31 Å². The Balaban J connectivity index is 2.33. The van der Waals surface area contributed by atoms with E-state index in [0.717, 1.165) is 24.5 Å². The molecule has 1 aliphatic heterocycles. The van der Waals surface area contributed by atoms with E-state index < -0.39 is 16.0 Å². The lowest BCUT2D eigenvalue weighted by Gasteiger charge is -2.21. The first-order chi connectivity index (χ1) is 9.82. The lowest BCUT2D eigenvalue weighted by molar-refractivity contribution is -0.131. The van der Waals surface area contributed by atoms with Crippen molar-refractivity contribution in [2.45, 2.75) is 37.6 Å². The third kappa shape index (κ3) is 3.33. The molecule has 1 aliphatic rings. The van der Waals surface area contributed by atoms with Crippen molar-refractivity contribution >= 4 is 22.1 Å². The van der Waals surface area contributed by atoms with Gasteiger partial charge in [0.1, 0.15) is 0 Å². The van der Waals surface area contributed by atoms with Crippen LogP contribution in [-0.2, 0) is 14.8 Å². The highest BCUT2D eigenvalue weighted by molar-refractivity contribution is 7.89. The van der Waals surface area contributed by atoms with Gasteiger partial charge < -0.3 is 5.11 Å². The first-order valence-electron chi connectivity index (χ1n) is 6.86. The molecular formula is C15H19NO4S. The number of aryl methyl sites for hydroxylation is 1. The second-order valence-electron chi connectivity index (χ2n) is 5.30. The number of benzene rings is 1. The van der Waals surface area contributed by atoms with Gasteiger partial charge in [-0.1, -0.05) is 6.07 Å². The first kappa shape index (κ1) is 15.7. The zero-order valence-electron chi connectivity index (χ0n) is 12.1. The molecule has 0 amide bonds. The van der Waals surface area contributed by atoms with Gasteiger partial charge in [-0.2, -0.15) is 4.31 Å². The third-order valence-corrected chi connectivity index (χ3v) is 5.75. The summed E-state index contributed by atoms with van der Waals surface area (Å²) in [6.07, 6.45) is 4.28. The summed E-state index contributed by atoms with van der Waals surface area (Å²) >= 11 is 0. The molecule has 1 aromatic rings. The van der Waals surface area contributed by atoms with E-state index in [4.69, 9.17) is 5.11 Å². The molecule has 1 atom stereocenters. The van der Waals surface area contributed by atoms with Crippen molar-refractivity contribution in [1.29, 1.82) is 0 Å². The van der Waals surface area contributed by atoms with E-state index >= 15 is 0 Å². The average Bonchev–Trinajstić information content (AvgIpc) is 2.84. The lowest BCUT2D eigenvalue weighted by atomic mass is 10.1. The van der Waals surface area contributed by atoms with Gasteiger partial charge in [0.25, 0.3) is 0 Å². The Morgan fingerprint density at radius 3 is 2.67 bits per heavy atom. The van der Waals surface area contributed by atoms with Gasteiger partial charge in [-0.3, -0.25) is 0 Å². The molecule has 0 radical (unpaired) electrons. The number of aliphatic carboxylic acids is 1. The van der Waals surface area contributed by atoms with Gasteiger partial charge >= 0.3 is 5.97 Å². The van der Waals surface area contributed by atoms with Gasteiger partial charge in [0.05, 0.1) is 4.90 Å². The van der Waals surface area contributed by atoms with Crippen LogP contribution in [-0.4, -0.2) is 36.4 Å². The molecule has 1 unspecified atom stereocenters. The number of carbonyl (C=O) groups is 1. The molecule has 1 heterocycles. The molecule has 0 spiro atoms. The third-order valence-electron chi connectivity index (χ3n) is 3.75. The monoisotopic (exact) mass is 309 g/mol. The van der Waals surface area contributed by atoms with Gasteiger partial charge in [-0.05, 0) is 56.0 Å². The van der Waals surface area contributed by atoms with Crippen LogP contribution < -0.4 is 0 Å². The fourth-order valence-corrected chi connectivity index (χ4v) is 4.34. The van der Waals surface area contributed by atoms with E-state index in [-0.39, 0.29) is 10.9 Å². The molecule has 1 fully saturated rings. The molecule has 1 saturated heterocycles. The summed E-state index contributed by atoms with van der Waals surface area (Å²) in [6.45, 7) is 4.25. The van der Waals surface area contributed by atoms with Crippen LogP contribution in [0.2, 0.25) is 0 Å². The van der Waals surface area contributed by atoms with Crippen LogP contribution in [0.1, 0.15) is 30.9 Å². The van der Waals surface area contributed by atoms with E-state index in [1.807, 2.05) is 6.92 Å². The Bertz CT molecular complexity index is 679. The number of hydrogen-bond acceptors (Lipinski definition) is 3. The quantitative estimate of drug-likeness (QED) is 0.866. The average molecular weight is 309 g/mol. The maximum absolute atomic E-state index is 12.6. The number of hydrogen-bond donors (Lipinski definition) is 1. The summed E-state index contributed by atoms with van der Waals surface area (Å²) in [5.41, 5.74) is 1.44. The Labute approximate surface area is 124 Å². The van der Waals surface area contributed by atoms with Crippen LogP contribution in [0, 0.1) is 6.92 Å². The van der Waals surface area contributed by atoms with E-state index in [1.165, 1.54) is 16.4 Å². The summed E-state index contributed by atoms with van der Waals surface area (Å²) in [4.78, 5) is 10.8. The van der Waals surface area contributed by atoms with Gasteiger partial charge in [0, 0.05) is 18.7 Å². The number of carboxylic acids is 1. The van der Waals surface area contributed by atoms with Gasteiger partial charge in [0.15, 0.2) is 0 Å². The normalized spacial score (nSPS) is 20.2. The van der Waals surface area contributed by atoms with Gasteiger partial charge in [-0.15, -0.1) is 0 Å². The summed E-state index contributed by atoms with van der Waals surface area (Å²) in [5, 5.41) is 8.63. The molecule has 1 N–H and O–H groups in total. The molecule has 0 aliphatic carbocycles. The van der Waals surface area contributed by atoms with Crippen LogP contribution in [0.5, 0.6) is 0 Å². The first-order valence-corrected chi connectivity index (χ1v) is 8.30. The topological polar surface area (TPSA) is 74.7 Å². The highest BCUT2D eigenvalue weighted by Crippen LogP contribution is 2.27. The van der Waals surface area contributed by atoms with Crippen molar-refractivity contribution in [3.8, 4) is 0 Å². The van der Waals surface area contributed by atoms with Gasteiger partial charge in [-0.25, -0.2) is 13.2 Å². The molecule has 21 heavy (non-hydrogen) atoms. The number of rotatable bonds is 4. The van der Waals surface area contributed by atoms with E-state index in [2.05, 4.69) is 0 Å². The predicted octanol–water partition coefficient (Wildman–Crippen LogP) is 2.27. The minimum absolute atomic E-state index is 0.0295. The molecule has 0 bridgehead atoms. The summed E-state index contributed by atoms with van der Waals surface area (Å²) < 4.78 is 26.7. The van der Waals surface area contributed by atoms with Crippen molar-refractivity contribution < 1.29 is 18.3 Å². The Morgan fingerprint density at radius 1 is 1.43 bits per heavy atom. The molecule has 5 nitrogen and oxygen atoms in total. The highest BCUT2D eigenvalue weighted by atomic mass is 32.2. The van der Waals surface area contributed by atoms with Crippen LogP contribution in [0.25, 0.3) is 6.08 Å². The fraction of sp³-hybridized carbons (Fsp3) is 0.400. The maximum Gasteiger partial charge on any atom is 0.328 e. The standard InChI is InChI=1S/C15H19NO4S/c1-11-10-14(7-5-13(11)6-8-15(17)18)21(19,20)16-9-3-4-12(16)2/h5-8,10,12H,3-4,9H2,1-2H3,(H,17,18). The SMILES string of the molecule is Cc1cc(S(=O)(=O)N2CCCC2C)ccc1C=CC(=O)O. The summed E-state index contributed by atoms with van der Waals surface area (Å²) in [5.74, 6) is -1.03. The Morgan fingerprint density at radius 2 is 2.14 bits per heavy atom. The summed E-state index contributed by atoms with van der Waals surface area (Å²) in [6, 6.07) is 4.81. The molecule has 2 rings (SSSR count). The fourth-order valence-electron chi connectivity index (χ4n) is 2.56. The van der Waals surface area contributed by atoms with E-state index in [9.17, 15) is 13.2 Å². The van der Waals surface area contributed by atoms with Crippen molar-refractivity contribution in [3.63, 3.8) is 0 Å². The predicted molar refractivity (Wildman–Crippen MR) is 80.4 cm³/mol. The van der Waals surface area contributed by atoms with Crippen LogP contribution in [0.3, 0.4) is 0 Å². The largest absolute Gasteiger partial charge is 0.478 e. The minimum atomic E-state index is -3.47. The highest BCUT2D eigenvalue weighted by Gasteiger charge is 2.32. The van der Waals surface area contributed by atoms with Crippen molar-refractivity contribution in [2.75, 3.05) is 6.54 Å². The number of sulfonamides is 1. The molecule has 0 saturated carbocycles. The maximum atomic E-state index is 12.6. The van der Waals surface area contributed by atoms with E-state index in [0.29, 0.717) is 12.1 Å².